The Hall–Kier alpha value is -2.11. The van der Waals surface area contributed by atoms with Gasteiger partial charge in [-0.3, -0.25) is 4.79 Å². The fourth-order valence-electron chi connectivity index (χ4n) is 1.45. The molecule has 1 rings (SSSR count). The van der Waals surface area contributed by atoms with Crippen molar-refractivity contribution >= 4 is 11.7 Å². The minimum Gasteiger partial charge on any atom is -0.409 e. The van der Waals surface area contributed by atoms with Crippen LogP contribution < -0.4 is 11.1 Å². The van der Waals surface area contributed by atoms with Crippen LogP contribution >= 0.6 is 0 Å². The molecule has 0 aliphatic carbocycles. The minimum absolute atomic E-state index is 0.170. The maximum atomic E-state index is 12.8. The number of hydrogen-bond acceptors (Lipinski definition) is 3. The second kappa shape index (κ2) is 5.69. The summed E-state index contributed by atoms with van der Waals surface area (Å²) in [6.07, 6.45) is 0. The fraction of sp³-hybridized carbons (Fsp3) is 0.385. The molecule has 0 heterocycles. The van der Waals surface area contributed by atoms with Gasteiger partial charge in [0.1, 0.15) is 11.2 Å². The Bertz CT molecular complexity index is 483. The molecule has 4 N–H and O–H groups in total. The summed E-state index contributed by atoms with van der Waals surface area (Å²) in [5.74, 6) is -0.879. The molecular weight excluding hydrogens is 249 g/mol. The number of nitrogens with two attached hydrogens (primary N) is 1. The van der Waals surface area contributed by atoms with Crippen LogP contribution in [0.1, 0.15) is 32.4 Å². The van der Waals surface area contributed by atoms with Gasteiger partial charge in [-0.1, -0.05) is 17.3 Å². The van der Waals surface area contributed by atoms with E-state index in [1.54, 1.807) is 32.9 Å². The van der Waals surface area contributed by atoms with Gasteiger partial charge in [-0.15, -0.1) is 0 Å². The van der Waals surface area contributed by atoms with E-state index in [1.807, 2.05) is 0 Å². The lowest BCUT2D eigenvalue weighted by Gasteiger charge is -2.24. The van der Waals surface area contributed by atoms with Crippen LogP contribution in [0.15, 0.2) is 29.4 Å². The molecule has 1 aromatic carbocycles. The molecule has 0 aliphatic heterocycles. The second-order valence-electron chi connectivity index (χ2n) is 4.86. The summed E-state index contributed by atoms with van der Waals surface area (Å²) in [5.41, 5.74) is 5.12. The normalized spacial score (nSPS) is 14.0. The van der Waals surface area contributed by atoms with Gasteiger partial charge in [0.15, 0.2) is 5.84 Å². The first-order valence-electron chi connectivity index (χ1n) is 5.83. The van der Waals surface area contributed by atoms with Crippen molar-refractivity contribution in [1.29, 1.82) is 0 Å². The van der Waals surface area contributed by atoms with Crippen LogP contribution in [0.4, 0.5) is 4.39 Å². The van der Waals surface area contributed by atoms with Gasteiger partial charge in [-0.25, -0.2) is 4.39 Å². The third-order valence-electron chi connectivity index (χ3n) is 3.03. The van der Waals surface area contributed by atoms with Crippen LogP contribution in [0.2, 0.25) is 0 Å². The van der Waals surface area contributed by atoms with Crippen molar-refractivity contribution in [3.8, 4) is 0 Å². The highest BCUT2D eigenvalue weighted by molar-refractivity contribution is 6.05. The maximum absolute atomic E-state index is 12.8. The van der Waals surface area contributed by atoms with Crippen LogP contribution in [0.25, 0.3) is 0 Å². The van der Waals surface area contributed by atoms with E-state index in [0.717, 1.165) is 5.56 Å². The fourth-order valence-corrected chi connectivity index (χ4v) is 1.45. The standard InChI is InChI=1S/C13H18FN3O2/c1-8(9-4-6-10(14)7-5-9)16-12(18)13(2,3)11(15)17-19/h4-8,19H,1-3H3,(H2,15,17)(H,16,18). The SMILES string of the molecule is CC(NC(=O)C(C)(C)C(N)=NO)c1ccc(F)cc1. The monoisotopic (exact) mass is 267 g/mol. The predicted molar refractivity (Wildman–Crippen MR) is 70.1 cm³/mol. The number of benzene rings is 1. The van der Waals surface area contributed by atoms with Crippen molar-refractivity contribution in [2.75, 3.05) is 0 Å². The van der Waals surface area contributed by atoms with Gasteiger partial charge in [0.25, 0.3) is 0 Å². The van der Waals surface area contributed by atoms with Gasteiger partial charge in [0.05, 0.1) is 6.04 Å². The van der Waals surface area contributed by atoms with Crippen molar-refractivity contribution in [3.05, 3.63) is 35.6 Å². The first-order chi connectivity index (χ1) is 8.78. The second-order valence-corrected chi connectivity index (χ2v) is 4.86. The van der Waals surface area contributed by atoms with E-state index >= 15 is 0 Å². The lowest BCUT2D eigenvalue weighted by atomic mass is 9.90. The number of halogens is 1. The van der Waals surface area contributed by atoms with Crippen LogP contribution in [-0.4, -0.2) is 17.0 Å². The molecule has 1 atom stereocenters. The van der Waals surface area contributed by atoms with Gasteiger partial charge in [-0.2, -0.15) is 0 Å². The predicted octanol–water partition coefficient (Wildman–Crippen LogP) is 1.78. The topological polar surface area (TPSA) is 87.7 Å². The molecular formula is C13H18FN3O2. The molecule has 104 valence electrons. The molecule has 6 heteroatoms. The molecule has 0 radical (unpaired) electrons. The highest BCUT2D eigenvalue weighted by atomic mass is 19.1. The average Bonchev–Trinajstić information content (AvgIpc) is 2.38. The molecule has 0 spiro atoms. The summed E-state index contributed by atoms with van der Waals surface area (Å²) < 4.78 is 12.8. The van der Waals surface area contributed by atoms with E-state index in [4.69, 9.17) is 10.9 Å². The number of amides is 1. The summed E-state index contributed by atoms with van der Waals surface area (Å²) in [7, 11) is 0. The van der Waals surface area contributed by atoms with Gasteiger partial charge < -0.3 is 16.3 Å². The van der Waals surface area contributed by atoms with Gasteiger partial charge in [0, 0.05) is 0 Å². The number of hydrogen-bond donors (Lipinski definition) is 3. The van der Waals surface area contributed by atoms with Gasteiger partial charge >= 0.3 is 0 Å². The third kappa shape index (κ3) is 3.43. The molecule has 19 heavy (non-hydrogen) atoms. The largest absolute Gasteiger partial charge is 0.409 e. The van der Waals surface area contributed by atoms with Crippen molar-refractivity contribution < 1.29 is 14.4 Å². The number of amidine groups is 1. The molecule has 0 fully saturated rings. The Labute approximate surface area is 111 Å². The zero-order valence-corrected chi connectivity index (χ0v) is 11.1. The summed E-state index contributed by atoms with van der Waals surface area (Å²) in [5, 5.41) is 14.2. The van der Waals surface area contributed by atoms with Crippen molar-refractivity contribution in [3.63, 3.8) is 0 Å². The van der Waals surface area contributed by atoms with Gasteiger partial charge in [-0.05, 0) is 38.5 Å². The molecule has 0 aromatic heterocycles. The van der Waals surface area contributed by atoms with E-state index in [0.29, 0.717) is 0 Å². The Morgan fingerprint density at radius 2 is 1.95 bits per heavy atom. The number of carbonyl (C=O) groups excluding carboxylic acids is 1. The lowest BCUT2D eigenvalue weighted by molar-refractivity contribution is -0.127. The first-order valence-corrected chi connectivity index (χ1v) is 5.83. The zero-order chi connectivity index (χ0) is 14.6. The van der Waals surface area contributed by atoms with E-state index in [1.165, 1.54) is 12.1 Å². The average molecular weight is 267 g/mol. The van der Waals surface area contributed by atoms with E-state index in [9.17, 15) is 9.18 Å². The molecule has 1 amide bonds. The molecule has 1 aromatic rings. The highest BCUT2D eigenvalue weighted by Crippen LogP contribution is 2.19. The first kappa shape index (κ1) is 14.9. The minimum atomic E-state index is -1.12. The quantitative estimate of drug-likeness (QED) is 0.336. The lowest BCUT2D eigenvalue weighted by Crippen LogP contribution is -2.46. The Morgan fingerprint density at radius 3 is 2.42 bits per heavy atom. The van der Waals surface area contributed by atoms with E-state index < -0.39 is 5.41 Å². The number of oxime groups is 1. The van der Waals surface area contributed by atoms with Crippen molar-refractivity contribution in [2.24, 2.45) is 16.3 Å². The molecule has 0 bridgehead atoms. The zero-order valence-electron chi connectivity index (χ0n) is 11.1. The van der Waals surface area contributed by atoms with Crippen molar-refractivity contribution in [2.45, 2.75) is 26.8 Å². The molecule has 5 nitrogen and oxygen atoms in total. The van der Waals surface area contributed by atoms with E-state index in [-0.39, 0.29) is 23.6 Å². The van der Waals surface area contributed by atoms with Crippen LogP contribution in [-0.2, 0) is 4.79 Å². The maximum Gasteiger partial charge on any atom is 0.233 e. The summed E-state index contributed by atoms with van der Waals surface area (Å²) in [6, 6.07) is 5.53. The summed E-state index contributed by atoms with van der Waals surface area (Å²) >= 11 is 0. The molecule has 1 unspecified atom stereocenters. The molecule has 0 aliphatic rings. The Kier molecular flexibility index (Phi) is 4.47. The Morgan fingerprint density at radius 1 is 1.42 bits per heavy atom. The molecule has 0 saturated carbocycles. The smallest absolute Gasteiger partial charge is 0.233 e. The number of nitrogens with zero attached hydrogens (tertiary/aromatic N) is 1. The van der Waals surface area contributed by atoms with Crippen molar-refractivity contribution in [1.82, 2.24) is 5.32 Å². The van der Waals surface area contributed by atoms with Crippen LogP contribution in [0.3, 0.4) is 0 Å². The summed E-state index contributed by atoms with van der Waals surface area (Å²) in [4.78, 5) is 12.1. The van der Waals surface area contributed by atoms with E-state index in [2.05, 4.69) is 10.5 Å². The number of nitrogens with one attached hydrogen (secondary N) is 1. The molecule has 0 saturated heterocycles. The number of rotatable bonds is 4. The highest BCUT2D eigenvalue weighted by Gasteiger charge is 2.33. The van der Waals surface area contributed by atoms with Gasteiger partial charge in [0.2, 0.25) is 5.91 Å². The summed E-state index contributed by atoms with van der Waals surface area (Å²) in [6.45, 7) is 4.87. The Balaban J connectivity index is 2.80. The van der Waals surface area contributed by atoms with Crippen LogP contribution in [0, 0.1) is 11.2 Å². The third-order valence-corrected chi connectivity index (χ3v) is 3.03. The number of carbonyl (C=O) groups is 1. The van der Waals surface area contributed by atoms with Crippen LogP contribution in [0.5, 0.6) is 0 Å².